The van der Waals surface area contributed by atoms with Gasteiger partial charge in [0.15, 0.2) is 0 Å². The highest BCUT2D eigenvalue weighted by molar-refractivity contribution is 5.77. The van der Waals surface area contributed by atoms with E-state index in [4.69, 9.17) is 5.11 Å². The lowest BCUT2D eigenvalue weighted by Gasteiger charge is -2.30. The zero-order valence-corrected chi connectivity index (χ0v) is 9.03. The SMILES string of the molecule is CNC(=O)CN1CCC(CC(=O)O)CC1. The number of rotatable bonds is 4. The summed E-state index contributed by atoms with van der Waals surface area (Å²) in [6.45, 7) is 2.08. The summed E-state index contributed by atoms with van der Waals surface area (Å²) in [6.07, 6.45) is 2.01. The summed E-state index contributed by atoms with van der Waals surface area (Å²) in [5, 5.41) is 11.2. The molecule has 0 aliphatic carbocycles. The van der Waals surface area contributed by atoms with Gasteiger partial charge in [-0.2, -0.15) is 0 Å². The third kappa shape index (κ3) is 4.29. The van der Waals surface area contributed by atoms with Crippen molar-refractivity contribution < 1.29 is 14.7 Å². The van der Waals surface area contributed by atoms with Gasteiger partial charge in [-0.1, -0.05) is 0 Å². The molecular weight excluding hydrogens is 196 g/mol. The first-order valence-electron chi connectivity index (χ1n) is 5.26. The van der Waals surface area contributed by atoms with Gasteiger partial charge in [0.1, 0.15) is 0 Å². The second kappa shape index (κ2) is 5.70. The van der Waals surface area contributed by atoms with Gasteiger partial charge in [-0.05, 0) is 31.8 Å². The van der Waals surface area contributed by atoms with Crippen LogP contribution in [0.3, 0.4) is 0 Å². The highest BCUT2D eigenvalue weighted by atomic mass is 16.4. The van der Waals surface area contributed by atoms with E-state index in [0.717, 1.165) is 25.9 Å². The van der Waals surface area contributed by atoms with E-state index in [1.54, 1.807) is 7.05 Å². The van der Waals surface area contributed by atoms with E-state index in [-0.39, 0.29) is 18.2 Å². The van der Waals surface area contributed by atoms with Gasteiger partial charge >= 0.3 is 5.97 Å². The largest absolute Gasteiger partial charge is 0.481 e. The number of aliphatic carboxylic acids is 1. The van der Waals surface area contributed by atoms with Crippen molar-refractivity contribution in [1.82, 2.24) is 10.2 Å². The molecule has 1 heterocycles. The molecule has 0 saturated carbocycles. The van der Waals surface area contributed by atoms with Gasteiger partial charge in [0.25, 0.3) is 0 Å². The lowest BCUT2D eigenvalue weighted by atomic mass is 9.94. The number of hydrogen-bond acceptors (Lipinski definition) is 3. The maximum absolute atomic E-state index is 11.1. The fourth-order valence-corrected chi connectivity index (χ4v) is 1.88. The van der Waals surface area contributed by atoms with Crippen LogP contribution < -0.4 is 5.32 Å². The van der Waals surface area contributed by atoms with Crippen LogP contribution >= 0.6 is 0 Å². The van der Waals surface area contributed by atoms with E-state index < -0.39 is 5.97 Å². The van der Waals surface area contributed by atoms with Crippen LogP contribution in [0.4, 0.5) is 0 Å². The molecule has 0 aromatic heterocycles. The molecule has 0 spiro atoms. The number of amides is 1. The number of carbonyl (C=O) groups excluding carboxylic acids is 1. The highest BCUT2D eigenvalue weighted by Gasteiger charge is 2.21. The van der Waals surface area contributed by atoms with Crippen LogP contribution in [0.1, 0.15) is 19.3 Å². The van der Waals surface area contributed by atoms with Crippen LogP contribution in [0.5, 0.6) is 0 Å². The molecule has 86 valence electrons. The topological polar surface area (TPSA) is 69.6 Å². The number of nitrogens with zero attached hydrogens (tertiary/aromatic N) is 1. The lowest BCUT2D eigenvalue weighted by molar-refractivity contribution is -0.138. The van der Waals surface area contributed by atoms with E-state index in [1.807, 2.05) is 0 Å². The minimum absolute atomic E-state index is 0.0201. The smallest absolute Gasteiger partial charge is 0.303 e. The van der Waals surface area contributed by atoms with Gasteiger partial charge < -0.3 is 10.4 Å². The van der Waals surface area contributed by atoms with Crippen molar-refractivity contribution in [3.63, 3.8) is 0 Å². The normalized spacial score (nSPS) is 18.7. The zero-order chi connectivity index (χ0) is 11.3. The summed E-state index contributed by atoms with van der Waals surface area (Å²) in [4.78, 5) is 23.7. The number of nitrogens with one attached hydrogen (secondary N) is 1. The molecule has 1 saturated heterocycles. The van der Waals surface area contributed by atoms with Crippen molar-refractivity contribution in [2.24, 2.45) is 5.92 Å². The summed E-state index contributed by atoms with van der Waals surface area (Å²) >= 11 is 0. The van der Waals surface area contributed by atoms with Crippen molar-refractivity contribution in [2.45, 2.75) is 19.3 Å². The van der Waals surface area contributed by atoms with Gasteiger partial charge in [-0.25, -0.2) is 0 Å². The van der Waals surface area contributed by atoms with Crippen molar-refractivity contribution in [3.05, 3.63) is 0 Å². The third-order valence-electron chi connectivity index (χ3n) is 2.82. The first-order chi connectivity index (χ1) is 7.11. The standard InChI is InChI=1S/C10H18N2O3/c1-11-9(13)7-12-4-2-8(3-5-12)6-10(14)15/h8H,2-7H2,1H3,(H,11,13)(H,14,15). The summed E-state index contributed by atoms with van der Waals surface area (Å²) < 4.78 is 0. The Labute approximate surface area is 89.4 Å². The number of likely N-dealkylation sites (tertiary alicyclic amines) is 1. The molecule has 5 heteroatoms. The summed E-state index contributed by atoms with van der Waals surface area (Å²) in [7, 11) is 1.62. The molecule has 1 aliphatic heterocycles. The second-order valence-corrected chi connectivity index (χ2v) is 3.99. The Morgan fingerprint density at radius 1 is 1.40 bits per heavy atom. The molecule has 5 nitrogen and oxygen atoms in total. The number of carboxylic acids is 1. The summed E-state index contributed by atoms with van der Waals surface area (Å²) in [6, 6.07) is 0. The molecule has 1 aliphatic rings. The molecular formula is C10H18N2O3. The van der Waals surface area contributed by atoms with Crippen LogP contribution in [0.25, 0.3) is 0 Å². The molecule has 15 heavy (non-hydrogen) atoms. The first-order valence-corrected chi connectivity index (χ1v) is 5.26. The molecule has 0 unspecified atom stereocenters. The molecule has 0 aromatic rings. The third-order valence-corrected chi connectivity index (χ3v) is 2.82. The molecule has 2 N–H and O–H groups in total. The first kappa shape index (κ1) is 12.0. The summed E-state index contributed by atoms with van der Waals surface area (Å²) in [5.41, 5.74) is 0. The fourth-order valence-electron chi connectivity index (χ4n) is 1.88. The molecule has 1 amide bonds. The van der Waals surface area contributed by atoms with Crippen LogP contribution in [0, 0.1) is 5.92 Å². The quantitative estimate of drug-likeness (QED) is 0.686. The van der Waals surface area contributed by atoms with Gasteiger partial charge in [0.05, 0.1) is 6.54 Å². The lowest BCUT2D eigenvalue weighted by Crippen LogP contribution is -2.40. The van der Waals surface area contributed by atoms with Crippen molar-refractivity contribution in [3.8, 4) is 0 Å². The predicted octanol–water partition coefficient (Wildman–Crippen LogP) is -0.0809. The van der Waals surface area contributed by atoms with Crippen LogP contribution in [0.15, 0.2) is 0 Å². The Balaban J connectivity index is 2.23. The van der Waals surface area contributed by atoms with E-state index in [1.165, 1.54) is 0 Å². The van der Waals surface area contributed by atoms with Crippen molar-refractivity contribution in [2.75, 3.05) is 26.7 Å². The molecule has 0 aromatic carbocycles. The number of carboxylic acid groups (broad SMARTS) is 1. The average Bonchev–Trinajstić information content (AvgIpc) is 2.20. The van der Waals surface area contributed by atoms with Crippen LogP contribution in [-0.2, 0) is 9.59 Å². The minimum atomic E-state index is -0.722. The monoisotopic (exact) mass is 214 g/mol. The zero-order valence-electron chi connectivity index (χ0n) is 9.03. The average molecular weight is 214 g/mol. The Morgan fingerprint density at radius 2 is 2.00 bits per heavy atom. The van der Waals surface area contributed by atoms with E-state index >= 15 is 0 Å². The Morgan fingerprint density at radius 3 is 2.47 bits per heavy atom. The van der Waals surface area contributed by atoms with Crippen LogP contribution in [0.2, 0.25) is 0 Å². The second-order valence-electron chi connectivity index (χ2n) is 3.99. The van der Waals surface area contributed by atoms with E-state index in [0.29, 0.717) is 6.54 Å². The van der Waals surface area contributed by atoms with Gasteiger partial charge in [0.2, 0.25) is 5.91 Å². The number of carbonyl (C=O) groups is 2. The predicted molar refractivity (Wildman–Crippen MR) is 55.5 cm³/mol. The highest BCUT2D eigenvalue weighted by Crippen LogP contribution is 2.19. The number of piperidine rings is 1. The molecule has 1 fully saturated rings. The van der Waals surface area contributed by atoms with E-state index in [2.05, 4.69) is 10.2 Å². The molecule has 0 radical (unpaired) electrons. The van der Waals surface area contributed by atoms with Gasteiger partial charge in [0, 0.05) is 13.5 Å². The Kier molecular flexibility index (Phi) is 4.55. The maximum atomic E-state index is 11.1. The molecule has 1 rings (SSSR count). The number of hydrogen-bond donors (Lipinski definition) is 2. The summed E-state index contributed by atoms with van der Waals surface area (Å²) in [5.74, 6) is -0.421. The van der Waals surface area contributed by atoms with Crippen molar-refractivity contribution in [1.29, 1.82) is 0 Å². The Bertz CT molecular complexity index is 235. The minimum Gasteiger partial charge on any atom is -0.481 e. The van der Waals surface area contributed by atoms with Gasteiger partial charge in [-0.3, -0.25) is 14.5 Å². The maximum Gasteiger partial charge on any atom is 0.303 e. The van der Waals surface area contributed by atoms with Crippen LogP contribution in [-0.4, -0.2) is 48.6 Å². The fraction of sp³-hybridized carbons (Fsp3) is 0.800. The molecule has 0 bridgehead atoms. The number of likely N-dealkylation sites (N-methyl/N-ethyl adjacent to an activating group) is 1. The van der Waals surface area contributed by atoms with Gasteiger partial charge in [-0.15, -0.1) is 0 Å². The molecule has 0 atom stereocenters. The Hall–Kier alpha value is -1.10. The van der Waals surface area contributed by atoms with Crippen molar-refractivity contribution >= 4 is 11.9 Å². The van der Waals surface area contributed by atoms with E-state index in [9.17, 15) is 9.59 Å².